The van der Waals surface area contributed by atoms with E-state index in [-0.39, 0.29) is 4.83 Å². The molecule has 1 heterocycles. The van der Waals surface area contributed by atoms with Crippen LogP contribution in [0.2, 0.25) is 0 Å². The summed E-state index contributed by atoms with van der Waals surface area (Å²) in [4.78, 5) is 0.275. The summed E-state index contributed by atoms with van der Waals surface area (Å²) in [7, 11) is 0. The fourth-order valence-corrected chi connectivity index (χ4v) is 0.454. The Morgan fingerprint density at radius 3 is 2.00 bits per heavy atom. The van der Waals surface area contributed by atoms with Gasteiger partial charge in [-0.2, -0.15) is 10.2 Å². The lowest BCUT2D eigenvalue weighted by Gasteiger charge is -1.75. The Bertz CT molecular complexity index is 85.0. The predicted molar refractivity (Wildman–Crippen MR) is 29.7 cm³/mol. The van der Waals surface area contributed by atoms with Gasteiger partial charge >= 0.3 is 0 Å². The average molecular weight is 147 g/mol. The minimum atomic E-state index is 0.275. The highest BCUT2D eigenvalue weighted by molar-refractivity contribution is 9.10. The highest BCUT2D eigenvalue weighted by atomic mass is 79.9. The van der Waals surface area contributed by atoms with Crippen LogP contribution < -0.4 is 0 Å². The molecule has 1 aliphatic heterocycles. The third kappa shape index (κ3) is 0.653. The lowest BCUT2D eigenvalue weighted by atomic mass is 10.5. The summed E-state index contributed by atoms with van der Waals surface area (Å²) >= 11 is 3.24. The van der Waals surface area contributed by atoms with Crippen molar-refractivity contribution < 1.29 is 0 Å². The van der Waals surface area contributed by atoms with Crippen LogP contribution in [0.3, 0.4) is 0 Å². The summed E-state index contributed by atoms with van der Waals surface area (Å²) in [5.74, 6) is 0. The first-order valence-electron chi connectivity index (χ1n) is 1.60. The molecule has 6 heavy (non-hydrogen) atoms. The molecule has 1 aliphatic rings. The van der Waals surface area contributed by atoms with Crippen LogP contribution in [-0.4, -0.2) is 17.3 Å². The maximum atomic E-state index is 3.56. The molecular formula is C3H3BrN2. The average Bonchev–Trinajstić information content (AvgIpc) is 1.86. The zero-order valence-corrected chi connectivity index (χ0v) is 4.59. The van der Waals surface area contributed by atoms with Crippen LogP contribution >= 0.6 is 15.9 Å². The first-order chi connectivity index (χ1) is 2.89. The monoisotopic (exact) mass is 146 g/mol. The molecule has 0 radical (unpaired) electrons. The Kier molecular flexibility index (Phi) is 1.01. The van der Waals surface area contributed by atoms with Crippen molar-refractivity contribution in [1.82, 2.24) is 0 Å². The van der Waals surface area contributed by atoms with Gasteiger partial charge in [-0.15, -0.1) is 0 Å². The normalized spacial score (nSPS) is 20.2. The molecule has 3 heteroatoms. The van der Waals surface area contributed by atoms with E-state index >= 15 is 0 Å². The summed E-state index contributed by atoms with van der Waals surface area (Å²) in [5, 5.41) is 7.12. The van der Waals surface area contributed by atoms with Crippen LogP contribution in [0.4, 0.5) is 0 Å². The molecule has 2 nitrogen and oxygen atoms in total. The standard InChI is InChI=1S/C3H3BrN2/c4-3-1-5-6-2-3/h1-3H. The number of alkyl halides is 1. The zero-order chi connectivity index (χ0) is 4.41. The van der Waals surface area contributed by atoms with Gasteiger partial charge < -0.3 is 0 Å². The second-order valence-corrected chi connectivity index (χ2v) is 2.03. The molecule has 0 aromatic carbocycles. The lowest BCUT2D eigenvalue weighted by Crippen LogP contribution is -1.92. The molecule has 0 spiro atoms. The summed E-state index contributed by atoms with van der Waals surface area (Å²) < 4.78 is 0. The summed E-state index contributed by atoms with van der Waals surface area (Å²) in [6.45, 7) is 0. The molecule has 0 unspecified atom stereocenters. The number of halogens is 1. The van der Waals surface area contributed by atoms with E-state index in [4.69, 9.17) is 0 Å². The molecule has 0 saturated carbocycles. The fraction of sp³-hybridized carbons (Fsp3) is 0.333. The van der Waals surface area contributed by atoms with E-state index in [0.717, 1.165) is 0 Å². The molecule has 0 aromatic heterocycles. The van der Waals surface area contributed by atoms with Crippen molar-refractivity contribution >= 4 is 28.4 Å². The van der Waals surface area contributed by atoms with Gasteiger partial charge in [0, 0.05) is 12.4 Å². The highest BCUT2D eigenvalue weighted by Gasteiger charge is 1.96. The molecule has 0 N–H and O–H groups in total. The van der Waals surface area contributed by atoms with E-state index in [2.05, 4.69) is 26.1 Å². The fourth-order valence-electron chi connectivity index (χ4n) is 0.243. The van der Waals surface area contributed by atoms with Crippen LogP contribution in [0.1, 0.15) is 0 Å². The number of rotatable bonds is 0. The second-order valence-electron chi connectivity index (χ2n) is 0.974. The molecule has 0 saturated heterocycles. The van der Waals surface area contributed by atoms with E-state index in [1.807, 2.05) is 0 Å². The topological polar surface area (TPSA) is 24.7 Å². The molecule has 0 fully saturated rings. The summed E-state index contributed by atoms with van der Waals surface area (Å²) in [6, 6.07) is 0. The molecular weight excluding hydrogens is 144 g/mol. The Morgan fingerprint density at radius 1 is 1.33 bits per heavy atom. The Morgan fingerprint density at radius 2 is 1.83 bits per heavy atom. The van der Waals surface area contributed by atoms with Crippen LogP contribution in [0.5, 0.6) is 0 Å². The van der Waals surface area contributed by atoms with Crippen molar-refractivity contribution in [2.24, 2.45) is 10.2 Å². The van der Waals surface area contributed by atoms with Gasteiger partial charge in [0.1, 0.15) is 0 Å². The maximum Gasteiger partial charge on any atom is 0.0886 e. The maximum absolute atomic E-state index is 3.56. The van der Waals surface area contributed by atoms with E-state index in [9.17, 15) is 0 Å². The van der Waals surface area contributed by atoms with E-state index in [0.29, 0.717) is 0 Å². The lowest BCUT2D eigenvalue weighted by molar-refractivity contribution is 1.29. The molecule has 0 aromatic rings. The van der Waals surface area contributed by atoms with Crippen LogP contribution in [-0.2, 0) is 0 Å². The van der Waals surface area contributed by atoms with Gasteiger partial charge in [-0.05, 0) is 0 Å². The predicted octanol–water partition coefficient (Wildman–Crippen LogP) is 0.820. The van der Waals surface area contributed by atoms with Gasteiger partial charge in [-0.1, -0.05) is 15.9 Å². The van der Waals surface area contributed by atoms with Crippen LogP contribution in [0, 0.1) is 0 Å². The Hall–Kier alpha value is -0.180. The van der Waals surface area contributed by atoms with Crippen LogP contribution in [0.25, 0.3) is 0 Å². The highest BCUT2D eigenvalue weighted by Crippen LogP contribution is 1.96. The Balaban J connectivity index is 2.60. The summed E-state index contributed by atoms with van der Waals surface area (Å²) in [6.07, 6.45) is 3.44. The van der Waals surface area contributed by atoms with Crippen molar-refractivity contribution in [2.75, 3.05) is 0 Å². The Labute approximate surface area is 44.1 Å². The van der Waals surface area contributed by atoms with E-state index in [1.165, 1.54) is 0 Å². The van der Waals surface area contributed by atoms with Gasteiger partial charge in [0.25, 0.3) is 0 Å². The largest absolute Gasteiger partial charge is 0.162 e. The third-order valence-corrected chi connectivity index (χ3v) is 0.958. The first-order valence-corrected chi connectivity index (χ1v) is 2.52. The minimum absolute atomic E-state index is 0.275. The van der Waals surface area contributed by atoms with Crippen LogP contribution in [0.15, 0.2) is 10.2 Å². The van der Waals surface area contributed by atoms with Gasteiger partial charge in [0.05, 0.1) is 4.83 Å². The van der Waals surface area contributed by atoms with Gasteiger partial charge in [0.15, 0.2) is 0 Å². The van der Waals surface area contributed by atoms with Crippen molar-refractivity contribution in [1.29, 1.82) is 0 Å². The second kappa shape index (κ2) is 1.51. The SMILES string of the molecule is BrC1C=NN=C1. The van der Waals surface area contributed by atoms with Gasteiger partial charge in [-0.25, -0.2) is 0 Å². The zero-order valence-electron chi connectivity index (χ0n) is 3.00. The smallest absolute Gasteiger partial charge is 0.0886 e. The number of hydrogen-bond acceptors (Lipinski definition) is 2. The summed E-state index contributed by atoms with van der Waals surface area (Å²) in [5.41, 5.74) is 0. The van der Waals surface area contributed by atoms with Gasteiger partial charge in [-0.3, -0.25) is 0 Å². The van der Waals surface area contributed by atoms with Crippen molar-refractivity contribution in [3.05, 3.63) is 0 Å². The third-order valence-electron chi connectivity index (χ3n) is 0.485. The van der Waals surface area contributed by atoms with Crippen molar-refractivity contribution in [3.8, 4) is 0 Å². The van der Waals surface area contributed by atoms with Crippen molar-refractivity contribution in [2.45, 2.75) is 4.83 Å². The number of hydrogen-bond donors (Lipinski definition) is 0. The number of nitrogens with zero attached hydrogens (tertiary/aromatic N) is 2. The first kappa shape index (κ1) is 3.99. The molecule has 0 aliphatic carbocycles. The molecule has 0 amide bonds. The van der Waals surface area contributed by atoms with Gasteiger partial charge in [0.2, 0.25) is 0 Å². The van der Waals surface area contributed by atoms with E-state index < -0.39 is 0 Å². The molecule has 1 rings (SSSR count). The molecule has 0 atom stereocenters. The van der Waals surface area contributed by atoms with Crippen molar-refractivity contribution in [3.63, 3.8) is 0 Å². The van der Waals surface area contributed by atoms with E-state index in [1.54, 1.807) is 12.4 Å². The molecule has 0 bridgehead atoms. The minimum Gasteiger partial charge on any atom is -0.162 e. The quantitative estimate of drug-likeness (QED) is 0.453. The molecule has 32 valence electrons.